The summed E-state index contributed by atoms with van der Waals surface area (Å²) in [5, 5.41) is 24.1. The molecule has 6 amide bonds. The summed E-state index contributed by atoms with van der Waals surface area (Å²) in [6.45, 7) is 3.98. The lowest BCUT2D eigenvalue weighted by Crippen LogP contribution is -2.36. The molecular formula is C70H62N6O19. The summed E-state index contributed by atoms with van der Waals surface area (Å²) in [4.78, 5) is 145. The van der Waals surface area contributed by atoms with Crippen LogP contribution in [0, 0.1) is 120 Å². The van der Waals surface area contributed by atoms with Crippen LogP contribution in [0.25, 0.3) is 0 Å². The number of hydrogen-bond donors (Lipinski definition) is 6. The minimum absolute atomic E-state index is 0.147. The molecule has 25 nitrogen and oxygen atoms in total. The van der Waals surface area contributed by atoms with Gasteiger partial charge in [0, 0.05) is 31.2 Å². The van der Waals surface area contributed by atoms with E-state index in [0.29, 0.717) is 34.4 Å². The maximum Gasteiger partial charge on any atom is 0.317 e. The molecule has 16 rings (SSSR count). The zero-order valence-electron chi connectivity index (χ0n) is 51.1. The van der Waals surface area contributed by atoms with E-state index in [4.69, 9.17) is 25.7 Å². The molecule has 4 saturated heterocycles. The van der Waals surface area contributed by atoms with Gasteiger partial charge in [-0.05, 0) is 171 Å². The molecule has 95 heavy (non-hydrogen) atoms. The molecule has 14 unspecified atom stereocenters. The molecule has 4 heterocycles. The van der Waals surface area contributed by atoms with Gasteiger partial charge in [0.25, 0.3) is 0 Å². The van der Waals surface area contributed by atoms with E-state index in [-0.39, 0.29) is 59.1 Å². The van der Waals surface area contributed by atoms with Crippen molar-refractivity contribution in [3.05, 3.63) is 157 Å². The third kappa shape index (κ3) is 11.7. The summed E-state index contributed by atoms with van der Waals surface area (Å²) in [5.74, 6) is -10.9. The van der Waals surface area contributed by atoms with Crippen molar-refractivity contribution in [3.63, 3.8) is 0 Å². The van der Waals surface area contributed by atoms with Gasteiger partial charge in [0.05, 0.1) is 76.7 Å². The number of carbonyl (C=O) groups is 12. The van der Waals surface area contributed by atoms with E-state index in [2.05, 4.69) is 20.1 Å². The molecule has 10 aliphatic rings. The molecule has 0 spiro atoms. The summed E-state index contributed by atoms with van der Waals surface area (Å²) >= 11 is 0. The van der Waals surface area contributed by atoms with Gasteiger partial charge in [0.15, 0.2) is 0 Å². The van der Waals surface area contributed by atoms with E-state index in [1.54, 1.807) is 72.8 Å². The normalized spacial score (nSPS) is 30.5. The Kier molecular flexibility index (Phi) is 15.8. The average Bonchev–Trinajstić information content (AvgIpc) is 1.51. The Labute approximate surface area is 540 Å². The molecule has 0 radical (unpaired) electrons. The van der Waals surface area contributed by atoms with Crippen molar-refractivity contribution in [1.82, 2.24) is 10.2 Å². The van der Waals surface area contributed by atoms with Crippen LogP contribution in [0.3, 0.4) is 0 Å². The highest BCUT2D eigenvalue weighted by Crippen LogP contribution is 2.71. The van der Waals surface area contributed by atoms with Crippen LogP contribution in [0.15, 0.2) is 146 Å². The predicted molar refractivity (Wildman–Crippen MR) is 330 cm³/mol. The summed E-state index contributed by atoms with van der Waals surface area (Å²) in [5.41, 5.74) is 15.8. The molecule has 486 valence electrons. The second-order valence-electron chi connectivity index (χ2n) is 25.4. The van der Waals surface area contributed by atoms with E-state index in [9.17, 15) is 67.7 Å². The van der Waals surface area contributed by atoms with Crippen LogP contribution in [0.4, 0.5) is 22.7 Å². The maximum atomic E-state index is 12.9. The molecule has 14 atom stereocenters. The third-order valence-electron chi connectivity index (χ3n) is 19.7. The number of anilines is 4. The molecule has 6 aliphatic carbocycles. The minimum atomic E-state index is -1.17. The summed E-state index contributed by atoms with van der Waals surface area (Å²) < 4.78 is 26.0. The van der Waals surface area contributed by atoms with Crippen molar-refractivity contribution in [2.45, 2.75) is 13.8 Å². The summed E-state index contributed by atoms with van der Waals surface area (Å²) in [7, 11) is 2.89. The number of nitrogen functional groups attached to an aromatic ring is 2. The number of nitrogens with one attached hydrogen (secondary N) is 2. The monoisotopic (exact) mass is 1290 g/mol. The Hall–Kier alpha value is -11.2. The second-order valence-corrected chi connectivity index (χ2v) is 25.4. The number of esters is 4. The van der Waals surface area contributed by atoms with E-state index >= 15 is 0 Å². The topological polar surface area (TPSA) is 374 Å². The molecular weight excluding hydrogens is 1230 g/mol. The number of aryl methyl sites for hydroxylation is 2. The Balaban J connectivity index is 0.000000121. The fraction of sp³-hybridized carbons (Fsp3) is 0.314. The zero-order chi connectivity index (χ0) is 67.3. The lowest BCUT2D eigenvalue weighted by Gasteiger charge is -2.20. The van der Waals surface area contributed by atoms with Crippen LogP contribution in [-0.4, -0.2) is 100 Å². The lowest BCUT2D eigenvalue weighted by atomic mass is 10.1. The third-order valence-corrected chi connectivity index (χ3v) is 19.7. The number of amides is 6. The van der Waals surface area contributed by atoms with Gasteiger partial charge < -0.3 is 56.0 Å². The van der Waals surface area contributed by atoms with Crippen LogP contribution < -0.4 is 41.2 Å². The number of likely N-dealkylation sites (tertiary alicyclic amines) is 1. The Morgan fingerprint density at radius 1 is 0.400 bits per heavy atom. The molecule has 25 heteroatoms. The molecule has 8 N–H and O–H groups in total. The highest BCUT2D eigenvalue weighted by molar-refractivity contribution is 6.25. The number of imide groups is 2. The van der Waals surface area contributed by atoms with E-state index in [1.807, 2.05) is 86.6 Å². The fourth-order valence-corrected chi connectivity index (χ4v) is 14.7. The highest BCUT2D eigenvalue weighted by atomic mass is 16.6. The number of cyclic esters (lactones) is 4. The first-order chi connectivity index (χ1) is 45.4. The number of carboxylic acid groups (broad SMARTS) is 2. The number of fused-ring (bicyclic) bond motifs is 4. The standard InChI is InChI=1S/C24H24N2O7.C24H20N2O5.C12H12N2O.C10H6O6/c1-11-3-7-13(8-4-11)33-14-9-5-12(6-10-14)26-22(28)18-16(20(18)24(31)32)15-17(21(27)25-2)19(15)23(29)30;1-11-3-7-13(8-4-11)31-14-9-5-12(6-10-14)26-23(29)19-16(20(19)24(26)30)15-17-18(15)22(28)25(2)21(17)27;13-9-1-5-11(6-2-9)15-12-7-3-10(14)4-8-12;11-7-3-1(4(3)8(12)15-7)2-5-6(2)10(14)16-9(5)13/h3-10,15-20H,1-2H3,(H,25,27)(H,26,28)(H,29,30)(H,31,32);3-10,15-20H,1-2H3;1-8H,13-14H2;1-6H. The molecule has 6 saturated carbocycles. The van der Waals surface area contributed by atoms with Crippen LogP contribution >= 0.6 is 0 Å². The fourth-order valence-electron chi connectivity index (χ4n) is 14.7. The van der Waals surface area contributed by atoms with Gasteiger partial charge in [0.1, 0.15) is 34.5 Å². The van der Waals surface area contributed by atoms with Crippen molar-refractivity contribution in [2.24, 2.45) is 107 Å². The molecule has 4 aliphatic heterocycles. The first-order valence-electron chi connectivity index (χ1n) is 30.7. The number of hydrogen-bond acceptors (Lipinski definition) is 19. The average molecular weight is 1290 g/mol. The van der Waals surface area contributed by atoms with Crippen molar-refractivity contribution in [3.8, 4) is 34.5 Å². The van der Waals surface area contributed by atoms with E-state index in [1.165, 1.54) is 23.9 Å². The Bertz CT molecular complexity index is 4030. The van der Waals surface area contributed by atoms with Crippen molar-refractivity contribution >= 4 is 94.0 Å². The molecule has 6 aromatic rings. The predicted octanol–water partition coefficient (Wildman–Crippen LogP) is 6.27. The Morgan fingerprint density at radius 2 is 0.695 bits per heavy atom. The Morgan fingerprint density at radius 3 is 1.03 bits per heavy atom. The largest absolute Gasteiger partial charge is 0.481 e. The first-order valence-corrected chi connectivity index (χ1v) is 30.7. The van der Waals surface area contributed by atoms with E-state index < -0.39 is 119 Å². The first kappa shape index (κ1) is 62.6. The molecule has 0 bridgehead atoms. The van der Waals surface area contributed by atoms with E-state index in [0.717, 1.165) is 34.0 Å². The number of rotatable bonds is 15. The van der Waals surface area contributed by atoms with Crippen LogP contribution in [0.1, 0.15) is 11.1 Å². The van der Waals surface area contributed by atoms with Gasteiger partial charge in [-0.25, -0.2) is 0 Å². The SMILES string of the molecule is CNC(=O)C1C(C(=O)O)C1C1C(C(=O)O)C1C(=O)Nc1ccc(Oc2ccc(C)cc2)cc1.Cc1ccc(Oc2ccc(N3C(=O)C4C(C3=O)C4C3C4C(=O)N(C)C(=O)C43)cc2)cc1.Nc1ccc(Oc2ccc(N)cc2)cc1.O=C1OC(=O)C2C1C2C1C2C(=O)OC(=O)C21. The van der Waals surface area contributed by atoms with Crippen LogP contribution in [-0.2, 0) is 67.0 Å². The summed E-state index contributed by atoms with van der Waals surface area (Å²) in [6.07, 6.45) is 0. The lowest BCUT2D eigenvalue weighted by molar-refractivity contribution is -0.160. The molecule has 10 fully saturated rings. The number of ether oxygens (including phenoxy) is 5. The maximum absolute atomic E-state index is 12.9. The smallest absolute Gasteiger partial charge is 0.317 e. The van der Waals surface area contributed by atoms with Gasteiger partial charge in [0.2, 0.25) is 35.4 Å². The number of carboxylic acids is 2. The van der Waals surface area contributed by atoms with Crippen molar-refractivity contribution < 1.29 is 91.4 Å². The summed E-state index contributed by atoms with van der Waals surface area (Å²) in [6, 6.07) is 43.2. The van der Waals surface area contributed by atoms with Crippen molar-refractivity contribution in [1.29, 1.82) is 0 Å². The van der Waals surface area contributed by atoms with Gasteiger partial charge >= 0.3 is 35.8 Å². The van der Waals surface area contributed by atoms with Crippen LogP contribution in [0.2, 0.25) is 0 Å². The molecule has 6 aromatic carbocycles. The molecule has 0 aromatic heterocycles. The van der Waals surface area contributed by atoms with Crippen molar-refractivity contribution in [2.75, 3.05) is 35.8 Å². The van der Waals surface area contributed by atoms with Gasteiger partial charge in [-0.2, -0.15) is 0 Å². The van der Waals surface area contributed by atoms with Crippen LogP contribution in [0.5, 0.6) is 34.5 Å². The number of nitrogens with zero attached hydrogens (tertiary/aromatic N) is 2. The number of carbonyl (C=O) groups excluding carboxylic acids is 10. The number of nitrogens with two attached hydrogens (primary N) is 2. The van der Waals surface area contributed by atoms with Gasteiger partial charge in [-0.1, -0.05) is 35.4 Å². The number of piperidine rings is 2. The number of aliphatic carboxylic acids is 2. The van der Waals surface area contributed by atoms with Gasteiger partial charge in [-0.15, -0.1) is 0 Å². The quantitative estimate of drug-likeness (QED) is 0.0285. The zero-order valence-corrected chi connectivity index (χ0v) is 51.1. The minimum Gasteiger partial charge on any atom is -0.481 e. The van der Waals surface area contributed by atoms with Gasteiger partial charge in [-0.3, -0.25) is 67.3 Å². The second kappa shape index (κ2) is 24.0. The highest BCUT2D eigenvalue weighted by Gasteiger charge is 2.81. The number of benzene rings is 6.